The van der Waals surface area contributed by atoms with E-state index in [1.54, 1.807) is 47.8 Å². The summed E-state index contributed by atoms with van der Waals surface area (Å²) in [4.78, 5) is 27.0. The highest BCUT2D eigenvalue weighted by atomic mass is 32.2. The summed E-state index contributed by atoms with van der Waals surface area (Å²) in [7, 11) is -2.41. The molecule has 13 heteroatoms. The van der Waals surface area contributed by atoms with Gasteiger partial charge < -0.3 is 5.32 Å². The number of rotatable bonds is 6. The summed E-state index contributed by atoms with van der Waals surface area (Å²) in [5, 5.41) is 2.67. The first-order valence-electron chi connectivity index (χ1n) is 11.4. The molecule has 9 nitrogen and oxygen atoms in total. The standard InChI is InChI=1S/C24H26F3N5O4S/c1-17-22(23(34)32(29(17)2)19-8-4-3-5-9-19)28-21(33)16-30-11-13-31(14-12-30)37(35,36)20-10-6-7-18(15-20)24(25,26)27/h3-10,15H,11-14,16H2,1-2H3,(H,28,33). The van der Waals surface area contributed by atoms with Crippen LogP contribution in [0.25, 0.3) is 5.69 Å². The topological polar surface area (TPSA) is 96.7 Å². The summed E-state index contributed by atoms with van der Waals surface area (Å²) in [5.41, 5.74) is -0.0408. The van der Waals surface area contributed by atoms with Crippen molar-refractivity contribution in [2.45, 2.75) is 18.0 Å². The molecule has 0 unspecified atom stereocenters. The fourth-order valence-electron chi connectivity index (χ4n) is 4.20. The van der Waals surface area contributed by atoms with Crippen molar-refractivity contribution in [3.8, 4) is 5.69 Å². The Balaban J connectivity index is 1.40. The van der Waals surface area contributed by atoms with Crippen LogP contribution in [0.2, 0.25) is 0 Å². The maximum absolute atomic E-state index is 13.0. The first kappa shape index (κ1) is 26.6. The van der Waals surface area contributed by atoms with Crippen molar-refractivity contribution in [1.29, 1.82) is 0 Å². The number of nitrogens with one attached hydrogen (secondary N) is 1. The van der Waals surface area contributed by atoms with Crippen molar-refractivity contribution in [2.24, 2.45) is 7.05 Å². The molecule has 0 radical (unpaired) electrons. The highest BCUT2D eigenvalue weighted by Gasteiger charge is 2.34. The Morgan fingerprint density at radius 3 is 2.27 bits per heavy atom. The maximum Gasteiger partial charge on any atom is 0.416 e. The minimum Gasteiger partial charge on any atom is -0.319 e. The highest BCUT2D eigenvalue weighted by molar-refractivity contribution is 7.89. The van der Waals surface area contributed by atoms with E-state index in [4.69, 9.17) is 0 Å². The molecule has 1 fully saturated rings. The Morgan fingerprint density at radius 1 is 1.00 bits per heavy atom. The molecule has 0 aliphatic carbocycles. The first-order chi connectivity index (χ1) is 17.4. The second kappa shape index (κ2) is 10.1. The van der Waals surface area contributed by atoms with Crippen molar-refractivity contribution in [2.75, 3.05) is 38.0 Å². The van der Waals surface area contributed by atoms with Gasteiger partial charge in [0.05, 0.1) is 28.4 Å². The molecule has 37 heavy (non-hydrogen) atoms. The lowest BCUT2D eigenvalue weighted by Gasteiger charge is -2.33. The average molecular weight is 538 g/mol. The van der Waals surface area contributed by atoms with Crippen LogP contribution in [-0.4, -0.2) is 65.6 Å². The number of aromatic nitrogens is 2. The number of para-hydroxylation sites is 1. The van der Waals surface area contributed by atoms with Crippen LogP contribution in [0.1, 0.15) is 11.3 Å². The summed E-state index contributed by atoms with van der Waals surface area (Å²) < 4.78 is 69.0. The molecule has 0 saturated carbocycles. The smallest absolute Gasteiger partial charge is 0.319 e. The zero-order valence-electron chi connectivity index (χ0n) is 20.2. The van der Waals surface area contributed by atoms with E-state index in [2.05, 4.69) is 5.32 Å². The van der Waals surface area contributed by atoms with Crippen LogP contribution in [0.3, 0.4) is 0 Å². The predicted octanol–water partition coefficient (Wildman–Crippen LogP) is 2.45. The van der Waals surface area contributed by atoms with Gasteiger partial charge in [-0.2, -0.15) is 17.5 Å². The molecule has 2 heterocycles. The molecule has 1 aliphatic heterocycles. The SMILES string of the molecule is Cc1c(NC(=O)CN2CCN(S(=O)(=O)c3cccc(C(F)(F)F)c3)CC2)c(=O)n(-c2ccccc2)n1C. The summed E-state index contributed by atoms with van der Waals surface area (Å²) >= 11 is 0. The Kier molecular flexibility index (Phi) is 7.31. The summed E-state index contributed by atoms with van der Waals surface area (Å²) in [5.74, 6) is -0.430. The van der Waals surface area contributed by atoms with Crippen LogP contribution >= 0.6 is 0 Å². The van der Waals surface area contributed by atoms with Gasteiger partial charge in [0.2, 0.25) is 15.9 Å². The van der Waals surface area contributed by atoms with Crippen molar-refractivity contribution in [1.82, 2.24) is 18.6 Å². The molecule has 1 saturated heterocycles. The lowest BCUT2D eigenvalue weighted by atomic mass is 10.2. The Morgan fingerprint density at radius 2 is 1.65 bits per heavy atom. The molecule has 3 aromatic rings. The minimum atomic E-state index is -4.65. The van der Waals surface area contributed by atoms with Crippen LogP contribution in [0.4, 0.5) is 18.9 Å². The fourth-order valence-corrected chi connectivity index (χ4v) is 5.67. The van der Waals surface area contributed by atoms with Gasteiger partial charge in [0.25, 0.3) is 5.56 Å². The number of piperazine rings is 1. The quantitative estimate of drug-likeness (QED) is 0.521. The number of carbonyl (C=O) groups excluding carboxylic acids is 1. The molecule has 0 bridgehead atoms. The van der Waals surface area contributed by atoms with Gasteiger partial charge in [-0.3, -0.25) is 19.2 Å². The van der Waals surface area contributed by atoms with E-state index in [-0.39, 0.29) is 44.0 Å². The van der Waals surface area contributed by atoms with E-state index in [0.717, 1.165) is 22.5 Å². The fraction of sp³-hybridized carbons (Fsp3) is 0.333. The third-order valence-corrected chi connectivity index (χ3v) is 8.21. The second-order valence-corrected chi connectivity index (χ2v) is 10.6. The van der Waals surface area contributed by atoms with E-state index in [1.807, 2.05) is 6.07 Å². The molecule has 1 amide bonds. The zero-order chi connectivity index (χ0) is 27.0. The Hall–Kier alpha value is -3.42. The summed E-state index contributed by atoms with van der Waals surface area (Å²) in [6, 6.07) is 12.6. The lowest BCUT2D eigenvalue weighted by molar-refractivity contribution is -0.137. The molecule has 1 aromatic heterocycles. The number of halogens is 3. The van der Waals surface area contributed by atoms with E-state index >= 15 is 0 Å². The van der Waals surface area contributed by atoms with Gasteiger partial charge in [0, 0.05) is 33.2 Å². The summed E-state index contributed by atoms with van der Waals surface area (Å²) in [6.07, 6.45) is -4.65. The van der Waals surface area contributed by atoms with Gasteiger partial charge in [0.1, 0.15) is 5.69 Å². The Labute approximate surface area is 211 Å². The number of amides is 1. The lowest BCUT2D eigenvalue weighted by Crippen LogP contribution is -2.50. The number of hydrogen-bond acceptors (Lipinski definition) is 5. The molecular formula is C24H26F3N5O4S. The molecule has 2 aromatic carbocycles. The molecule has 1 aliphatic rings. The normalized spacial score (nSPS) is 15.6. The van der Waals surface area contributed by atoms with Crippen molar-refractivity contribution < 1.29 is 26.4 Å². The number of carbonyl (C=O) groups is 1. The number of nitrogens with zero attached hydrogens (tertiary/aromatic N) is 4. The van der Waals surface area contributed by atoms with Gasteiger partial charge in [-0.05, 0) is 37.3 Å². The van der Waals surface area contributed by atoms with Crippen LogP contribution in [0.15, 0.2) is 64.3 Å². The van der Waals surface area contributed by atoms with E-state index in [1.165, 1.54) is 4.68 Å². The number of alkyl halides is 3. The summed E-state index contributed by atoms with van der Waals surface area (Å²) in [6.45, 7) is 2.07. The maximum atomic E-state index is 13.0. The molecular weight excluding hydrogens is 511 g/mol. The largest absolute Gasteiger partial charge is 0.416 e. The molecule has 0 spiro atoms. The third kappa shape index (κ3) is 5.48. The van der Waals surface area contributed by atoms with Gasteiger partial charge >= 0.3 is 6.18 Å². The van der Waals surface area contributed by atoms with Crippen molar-refractivity contribution >= 4 is 21.6 Å². The number of hydrogen-bond donors (Lipinski definition) is 1. The van der Waals surface area contributed by atoms with Gasteiger partial charge in [0.15, 0.2) is 0 Å². The van der Waals surface area contributed by atoms with E-state index in [0.29, 0.717) is 17.4 Å². The number of sulfonamides is 1. The average Bonchev–Trinajstić information content (AvgIpc) is 3.07. The minimum absolute atomic E-state index is 0.0109. The molecule has 4 rings (SSSR count). The second-order valence-electron chi connectivity index (χ2n) is 8.69. The monoisotopic (exact) mass is 537 g/mol. The van der Waals surface area contributed by atoms with E-state index < -0.39 is 32.6 Å². The van der Waals surface area contributed by atoms with Crippen molar-refractivity contribution in [3.05, 3.63) is 76.2 Å². The Bertz CT molecular complexity index is 1460. The van der Waals surface area contributed by atoms with Gasteiger partial charge in [-0.15, -0.1) is 0 Å². The van der Waals surface area contributed by atoms with Crippen molar-refractivity contribution in [3.63, 3.8) is 0 Å². The third-order valence-electron chi connectivity index (χ3n) is 6.32. The van der Waals surface area contributed by atoms with Crippen LogP contribution < -0.4 is 10.9 Å². The molecule has 0 atom stereocenters. The zero-order valence-corrected chi connectivity index (χ0v) is 21.0. The highest BCUT2D eigenvalue weighted by Crippen LogP contribution is 2.31. The van der Waals surface area contributed by atoms with Gasteiger partial charge in [-0.1, -0.05) is 24.3 Å². The predicted molar refractivity (Wildman–Crippen MR) is 131 cm³/mol. The van der Waals surface area contributed by atoms with Crippen LogP contribution in [-0.2, 0) is 28.0 Å². The van der Waals surface area contributed by atoms with Crippen LogP contribution in [0, 0.1) is 6.92 Å². The van der Waals surface area contributed by atoms with Gasteiger partial charge in [-0.25, -0.2) is 13.1 Å². The first-order valence-corrected chi connectivity index (χ1v) is 12.9. The molecule has 1 N–H and O–H groups in total. The molecule has 198 valence electrons. The number of benzene rings is 2. The van der Waals surface area contributed by atoms with E-state index in [9.17, 15) is 31.2 Å². The number of anilines is 1. The van der Waals surface area contributed by atoms with Crippen LogP contribution in [0.5, 0.6) is 0 Å².